The summed E-state index contributed by atoms with van der Waals surface area (Å²) >= 11 is 0. The molecule has 1 aromatic heterocycles. The second-order valence-electron chi connectivity index (χ2n) is 8.29. The smallest absolute Gasteiger partial charge is 0.269 e. The van der Waals surface area contributed by atoms with Gasteiger partial charge >= 0.3 is 0 Å². The maximum atomic E-state index is 12.8. The van der Waals surface area contributed by atoms with Crippen LogP contribution in [0.1, 0.15) is 40.1 Å². The van der Waals surface area contributed by atoms with Crippen molar-refractivity contribution in [1.29, 1.82) is 0 Å². The van der Waals surface area contributed by atoms with Crippen molar-refractivity contribution in [1.82, 2.24) is 20.0 Å². The van der Waals surface area contributed by atoms with Crippen molar-refractivity contribution in [2.24, 2.45) is 0 Å². The van der Waals surface area contributed by atoms with Gasteiger partial charge in [-0.05, 0) is 43.7 Å². The third-order valence-electron chi connectivity index (χ3n) is 5.53. The summed E-state index contributed by atoms with van der Waals surface area (Å²) < 4.78 is 7.17. The number of non-ortho nitro benzene ring substituents is 1. The first kappa shape index (κ1) is 23.1. The number of nitro groups is 1. The summed E-state index contributed by atoms with van der Waals surface area (Å²) in [5, 5.41) is 17.8. The van der Waals surface area contributed by atoms with Gasteiger partial charge in [0.15, 0.2) is 0 Å². The topological polar surface area (TPSA) is 120 Å². The molecule has 1 fully saturated rings. The van der Waals surface area contributed by atoms with E-state index in [2.05, 4.69) is 10.4 Å². The third kappa shape index (κ3) is 5.29. The average molecular weight is 463 g/mol. The third-order valence-corrected chi connectivity index (χ3v) is 5.53. The molecule has 10 heteroatoms. The summed E-state index contributed by atoms with van der Waals surface area (Å²) in [6, 6.07) is 13.1. The van der Waals surface area contributed by atoms with Gasteiger partial charge in [-0.3, -0.25) is 19.7 Å². The summed E-state index contributed by atoms with van der Waals surface area (Å²) in [4.78, 5) is 37.4. The van der Waals surface area contributed by atoms with Gasteiger partial charge in [-0.2, -0.15) is 5.10 Å². The summed E-state index contributed by atoms with van der Waals surface area (Å²) in [6.07, 6.45) is 3.00. The van der Waals surface area contributed by atoms with Crippen LogP contribution in [-0.4, -0.2) is 56.7 Å². The van der Waals surface area contributed by atoms with Crippen molar-refractivity contribution < 1.29 is 19.2 Å². The molecule has 0 spiro atoms. The Balaban J connectivity index is 1.33. The second-order valence-corrected chi connectivity index (χ2v) is 8.29. The molecule has 1 aliphatic rings. The van der Waals surface area contributed by atoms with Gasteiger partial charge in [-0.15, -0.1) is 0 Å². The molecule has 10 nitrogen and oxygen atoms in total. The highest BCUT2D eigenvalue weighted by atomic mass is 16.6. The van der Waals surface area contributed by atoms with E-state index >= 15 is 0 Å². The Morgan fingerprint density at radius 2 is 1.71 bits per heavy atom. The lowest BCUT2D eigenvalue weighted by Crippen LogP contribution is -2.48. The van der Waals surface area contributed by atoms with Crippen LogP contribution < -0.4 is 5.32 Å². The minimum Gasteiger partial charge on any atom is -0.372 e. The number of ether oxygens (including phenoxy) is 1. The fraction of sp³-hybridized carbons (Fsp3) is 0.292. The maximum absolute atomic E-state index is 12.8. The lowest BCUT2D eigenvalue weighted by molar-refractivity contribution is -0.384. The average Bonchev–Trinajstić information content (AvgIpc) is 3.32. The quantitative estimate of drug-likeness (QED) is 0.443. The first-order valence-electron chi connectivity index (χ1n) is 10.9. The molecule has 0 bridgehead atoms. The van der Waals surface area contributed by atoms with Crippen LogP contribution in [0.3, 0.4) is 0 Å². The van der Waals surface area contributed by atoms with Crippen molar-refractivity contribution in [2.45, 2.75) is 32.6 Å². The van der Waals surface area contributed by atoms with E-state index in [1.54, 1.807) is 35.4 Å². The summed E-state index contributed by atoms with van der Waals surface area (Å²) in [7, 11) is 0. The second kappa shape index (κ2) is 9.84. The Morgan fingerprint density at radius 3 is 2.32 bits per heavy atom. The molecule has 0 aliphatic carbocycles. The Morgan fingerprint density at radius 1 is 1.06 bits per heavy atom. The summed E-state index contributed by atoms with van der Waals surface area (Å²) in [5.41, 5.74) is 2.41. The van der Waals surface area contributed by atoms with E-state index in [9.17, 15) is 19.7 Å². The molecular formula is C24H25N5O5. The zero-order valence-electron chi connectivity index (χ0n) is 18.9. The fourth-order valence-corrected chi connectivity index (χ4v) is 3.88. The number of hydrogen-bond acceptors (Lipinski definition) is 6. The molecule has 2 amide bonds. The van der Waals surface area contributed by atoms with Crippen molar-refractivity contribution in [3.8, 4) is 5.69 Å². The number of carbonyl (C=O) groups excluding carboxylic acids is 2. The normalized spacial score (nSPS) is 17.9. The molecular weight excluding hydrogens is 438 g/mol. The number of rotatable bonds is 6. The number of hydrogen-bond donors (Lipinski definition) is 1. The maximum Gasteiger partial charge on any atom is 0.269 e. The van der Waals surface area contributed by atoms with E-state index in [1.807, 2.05) is 26.0 Å². The number of aromatic nitrogens is 2. The molecule has 4 rings (SSSR count). The van der Waals surface area contributed by atoms with Crippen LogP contribution in [0, 0.1) is 10.1 Å². The number of morpholine rings is 1. The molecule has 1 saturated heterocycles. The SMILES string of the molecule is CC1CN(C(=O)c2ccc(CNC(=O)c3cnn(-c4ccc([N+](=O)[O-])cc4)c3)cc2)CC(C)O1. The van der Waals surface area contributed by atoms with Crippen LogP contribution in [0.25, 0.3) is 5.69 Å². The standard InChI is InChI=1S/C24H25N5O5/c1-16-13-27(14-17(2)34-16)24(31)19-5-3-18(4-6-19)11-25-23(30)20-12-26-28(15-20)21-7-9-22(10-8-21)29(32)33/h3-10,12,15-17H,11,13-14H2,1-2H3,(H,25,30). The van der Waals surface area contributed by atoms with Crippen molar-refractivity contribution >= 4 is 17.5 Å². The number of nitrogens with one attached hydrogen (secondary N) is 1. The van der Waals surface area contributed by atoms with Gasteiger partial charge in [0.05, 0.1) is 34.6 Å². The summed E-state index contributed by atoms with van der Waals surface area (Å²) in [5.74, 6) is -0.333. The molecule has 0 saturated carbocycles. The molecule has 2 aromatic carbocycles. The van der Waals surface area contributed by atoms with Crippen LogP contribution in [0.5, 0.6) is 0 Å². The number of nitrogens with zero attached hydrogens (tertiary/aromatic N) is 4. The van der Waals surface area contributed by atoms with Gasteiger partial charge in [0.25, 0.3) is 17.5 Å². The van der Waals surface area contributed by atoms with Gasteiger partial charge < -0.3 is 15.0 Å². The van der Waals surface area contributed by atoms with E-state index in [0.717, 1.165) is 5.56 Å². The highest BCUT2D eigenvalue weighted by molar-refractivity contribution is 5.95. The van der Waals surface area contributed by atoms with Gasteiger partial charge in [-0.1, -0.05) is 12.1 Å². The van der Waals surface area contributed by atoms with Crippen molar-refractivity contribution in [3.63, 3.8) is 0 Å². The van der Waals surface area contributed by atoms with Crippen LogP contribution >= 0.6 is 0 Å². The minimum atomic E-state index is -0.474. The molecule has 2 heterocycles. The van der Waals surface area contributed by atoms with Gasteiger partial charge in [0, 0.05) is 43.5 Å². The Hall–Kier alpha value is -4.05. The lowest BCUT2D eigenvalue weighted by Gasteiger charge is -2.35. The van der Waals surface area contributed by atoms with Gasteiger partial charge in [-0.25, -0.2) is 4.68 Å². The lowest BCUT2D eigenvalue weighted by atomic mass is 10.1. The van der Waals surface area contributed by atoms with Crippen LogP contribution in [0.4, 0.5) is 5.69 Å². The Bertz CT molecular complexity index is 1180. The van der Waals surface area contributed by atoms with Crippen molar-refractivity contribution in [2.75, 3.05) is 13.1 Å². The number of amides is 2. The zero-order valence-corrected chi connectivity index (χ0v) is 18.9. The summed E-state index contributed by atoms with van der Waals surface area (Å²) in [6.45, 7) is 5.33. The number of benzene rings is 2. The monoisotopic (exact) mass is 463 g/mol. The van der Waals surface area contributed by atoms with Crippen LogP contribution in [0.2, 0.25) is 0 Å². The molecule has 0 radical (unpaired) electrons. The first-order chi connectivity index (χ1) is 16.3. The Kier molecular flexibility index (Phi) is 6.69. The van der Waals surface area contributed by atoms with E-state index in [-0.39, 0.29) is 29.7 Å². The Labute approximate surface area is 196 Å². The number of carbonyl (C=O) groups is 2. The van der Waals surface area contributed by atoms with Gasteiger partial charge in [0.1, 0.15) is 0 Å². The van der Waals surface area contributed by atoms with E-state index in [0.29, 0.717) is 36.4 Å². The van der Waals surface area contributed by atoms with E-state index in [1.165, 1.54) is 23.0 Å². The van der Waals surface area contributed by atoms with E-state index < -0.39 is 4.92 Å². The predicted molar refractivity (Wildman–Crippen MR) is 124 cm³/mol. The largest absolute Gasteiger partial charge is 0.372 e. The molecule has 34 heavy (non-hydrogen) atoms. The van der Waals surface area contributed by atoms with Gasteiger partial charge in [0.2, 0.25) is 0 Å². The minimum absolute atomic E-state index is 0.00643. The predicted octanol–water partition coefficient (Wildman–Crippen LogP) is 2.96. The first-order valence-corrected chi connectivity index (χ1v) is 10.9. The molecule has 2 unspecified atom stereocenters. The van der Waals surface area contributed by atoms with E-state index in [4.69, 9.17) is 4.74 Å². The van der Waals surface area contributed by atoms with Crippen molar-refractivity contribution in [3.05, 3.63) is 87.7 Å². The van der Waals surface area contributed by atoms with Crippen LogP contribution in [0.15, 0.2) is 60.9 Å². The molecule has 176 valence electrons. The highest BCUT2D eigenvalue weighted by Gasteiger charge is 2.26. The zero-order chi connectivity index (χ0) is 24.2. The highest BCUT2D eigenvalue weighted by Crippen LogP contribution is 2.16. The fourth-order valence-electron chi connectivity index (χ4n) is 3.88. The van der Waals surface area contributed by atoms with Crippen LogP contribution in [-0.2, 0) is 11.3 Å². The number of nitro benzene ring substituents is 1. The molecule has 3 aromatic rings. The molecule has 1 N–H and O–H groups in total. The molecule has 2 atom stereocenters. The molecule has 1 aliphatic heterocycles.